The number of carbonyl (C=O) groups is 1. The van der Waals surface area contributed by atoms with Crippen LogP contribution in [0.2, 0.25) is 0 Å². The van der Waals surface area contributed by atoms with Crippen molar-refractivity contribution in [2.75, 3.05) is 0 Å². The van der Waals surface area contributed by atoms with Crippen molar-refractivity contribution in [3.05, 3.63) is 39.3 Å². The molecule has 0 saturated carbocycles. The highest BCUT2D eigenvalue weighted by Gasteiger charge is 2.34. The van der Waals surface area contributed by atoms with Gasteiger partial charge in [0.2, 0.25) is 0 Å². The number of allylic oxidation sites excluding steroid dienone is 1. The van der Waals surface area contributed by atoms with Gasteiger partial charge < -0.3 is 4.98 Å². The predicted molar refractivity (Wildman–Crippen MR) is 112 cm³/mol. The molecule has 3 unspecified atom stereocenters. The Morgan fingerprint density at radius 1 is 1.14 bits per heavy atom. The molecule has 0 amide bonds. The van der Waals surface area contributed by atoms with Crippen LogP contribution >= 0.6 is 0 Å². The van der Waals surface area contributed by atoms with E-state index in [0.29, 0.717) is 24.1 Å². The van der Waals surface area contributed by atoms with Crippen LogP contribution in [0.25, 0.3) is 11.2 Å². The molecule has 0 spiro atoms. The number of imidazole rings is 1. The fraction of sp³-hybridized carbons (Fsp3) is 0.619. The molecule has 0 radical (unpaired) electrons. The molecule has 0 aliphatic carbocycles. The van der Waals surface area contributed by atoms with Crippen molar-refractivity contribution in [2.24, 2.45) is 17.3 Å². The van der Waals surface area contributed by atoms with Crippen molar-refractivity contribution in [3.8, 4) is 0 Å². The molecule has 3 atom stereocenters. The maximum Gasteiger partial charge on any atom is 0.327 e. The number of fused-ring (bicyclic) bond motifs is 1. The minimum atomic E-state index is -0.612. The summed E-state index contributed by atoms with van der Waals surface area (Å²) in [4.78, 5) is 48.7. The third-order valence-electron chi connectivity index (χ3n) is 5.19. The topological polar surface area (TPSA) is 111 Å². The lowest BCUT2D eigenvalue weighted by Gasteiger charge is -2.25. The Balaban J connectivity index is 2.29. The molecule has 154 valence electrons. The number of Topliss-reactive ketones (excluding diaryl/α,β-unsaturated/α-hetero) is 1. The lowest BCUT2D eigenvalue weighted by molar-refractivity contribution is -0.128. The van der Waals surface area contributed by atoms with Gasteiger partial charge in [0.15, 0.2) is 5.65 Å². The van der Waals surface area contributed by atoms with E-state index in [2.05, 4.69) is 40.4 Å². The monoisotopic (exact) mass is 388 g/mol. The molecule has 2 rings (SSSR count). The molecule has 28 heavy (non-hydrogen) atoms. The normalized spacial score (nSPS) is 15.3. The van der Waals surface area contributed by atoms with E-state index < -0.39 is 22.6 Å². The van der Waals surface area contributed by atoms with E-state index in [1.165, 1.54) is 0 Å². The minimum Gasteiger partial charge on any atom is -0.336 e. The van der Waals surface area contributed by atoms with Crippen molar-refractivity contribution in [2.45, 2.75) is 66.2 Å². The molecular formula is C21H32N4O3. The van der Waals surface area contributed by atoms with Crippen molar-refractivity contribution >= 4 is 16.9 Å². The fourth-order valence-electron chi connectivity index (χ4n) is 3.41. The molecule has 0 bridgehead atoms. The fourth-order valence-corrected chi connectivity index (χ4v) is 3.41. The third-order valence-corrected chi connectivity index (χ3v) is 5.19. The quantitative estimate of drug-likeness (QED) is 0.569. The van der Waals surface area contributed by atoms with Gasteiger partial charge in [-0.25, -0.2) is 9.78 Å². The second-order valence-corrected chi connectivity index (χ2v) is 8.91. The first-order valence-electron chi connectivity index (χ1n) is 9.92. The van der Waals surface area contributed by atoms with E-state index in [1.54, 1.807) is 0 Å². The smallest absolute Gasteiger partial charge is 0.327 e. The summed E-state index contributed by atoms with van der Waals surface area (Å²) in [6.07, 6.45) is 5.75. The lowest BCUT2D eigenvalue weighted by atomic mass is 9.78. The summed E-state index contributed by atoms with van der Waals surface area (Å²) >= 11 is 0. The van der Waals surface area contributed by atoms with Crippen LogP contribution in [0.4, 0.5) is 0 Å². The van der Waals surface area contributed by atoms with Crippen LogP contribution in [0.1, 0.15) is 72.0 Å². The van der Waals surface area contributed by atoms with Crippen LogP contribution in [0.3, 0.4) is 0 Å². The Hall–Kier alpha value is -2.44. The van der Waals surface area contributed by atoms with Gasteiger partial charge in [-0.2, -0.15) is 0 Å². The number of rotatable bonds is 9. The predicted octanol–water partition coefficient (Wildman–Crippen LogP) is 3.66. The molecule has 7 nitrogen and oxygen atoms in total. The Labute approximate surface area is 165 Å². The first-order chi connectivity index (χ1) is 13.0. The van der Waals surface area contributed by atoms with Gasteiger partial charge in [-0.1, -0.05) is 53.5 Å². The standard InChI is InChI=1S/C21H32N4O3/c1-7-12(2)9-8-10-13(3)11-14(16(26)21(4,5)6)17-22-15-18(23-17)24-20(28)25-19(15)27/h7,12-14H,1,8-11H2,2-6H3,(H3,22,23,24,25,27,28). The third kappa shape index (κ3) is 5.30. The Bertz CT molecular complexity index is 945. The van der Waals surface area contributed by atoms with Gasteiger partial charge in [0.05, 0.1) is 5.92 Å². The molecular weight excluding hydrogens is 356 g/mol. The average molecular weight is 389 g/mol. The maximum atomic E-state index is 13.1. The van der Waals surface area contributed by atoms with Crippen molar-refractivity contribution < 1.29 is 4.79 Å². The summed E-state index contributed by atoms with van der Waals surface area (Å²) in [5, 5.41) is 0. The molecule has 7 heteroatoms. The molecule has 0 saturated heterocycles. The van der Waals surface area contributed by atoms with Crippen LogP contribution in [0.5, 0.6) is 0 Å². The summed E-state index contributed by atoms with van der Waals surface area (Å²) in [7, 11) is 0. The van der Waals surface area contributed by atoms with Gasteiger partial charge in [0.25, 0.3) is 5.56 Å². The zero-order valence-electron chi connectivity index (χ0n) is 17.5. The molecule has 3 N–H and O–H groups in total. The number of ketones is 1. The Kier molecular flexibility index (Phi) is 6.80. The number of hydrogen-bond acceptors (Lipinski definition) is 4. The summed E-state index contributed by atoms with van der Waals surface area (Å²) in [5.41, 5.74) is -1.32. The minimum absolute atomic E-state index is 0.0663. The van der Waals surface area contributed by atoms with Crippen LogP contribution in [-0.4, -0.2) is 25.7 Å². The number of nitrogens with one attached hydrogen (secondary N) is 3. The second kappa shape index (κ2) is 8.71. The number of hydrogen-bond donors (Lipinski definition) is 3. The first kappa shape index (κ1) is 21.9. The van der Waals surface area contributed by atoms with Crippen LogP contribution in [-0.2, 0) is 4.79 Å². The number of aromatic nitrogens is 4. The second-order valence-electron chi connectivity index (χ2n) is 8.91. The van der Waals surface area contributed by atoms with E-state index >= 15 is 0 Å². The zero-order chi connectivity index (χ0) is 21.1. The molecule has 2 heterocycles. The zero-order valence-corrected chi connectivity index (χ0v) is 17.5. The molecule has 2 aromatic heterocycles. The number of carbonyl (C=O) groups excluding carboxylic acids is 1. The van der Waals surface area contributed by atoms with Crippen LogP contribution in [0, 0.1) is 17.3 Å². The molecule has 0 aromatic carbocycles. The molecule has 0 fully saturated rings. The van der Waals surface area contributed by atoms with Crippen molar-refractivity contribution in [1.82, 2.24) is 19.9 Å². The Morgan fingerprint density at radius 3 is 2.43 bits per heavy atom. The summed E-state index contributed by atoms with van der Waals surface area (Å²) in [5.74, 6) is 0.851. The van der Waals surface area contributed by atoms with Gasteiger partial charge in [-0.3, -0.25) is 19.6 Å². The maximum absolute atomic E-state index is 13.1. The van der Waals surface area contributed by atoms with Gasteiger partial charge in [0.1, 0.15) is 17.1 Å². The highest BCUT2D eigenvalue weighted by atomic mass is 16.2. The lowest BCUT2D eigenvalue weighted by Crippen LogP contribution is -2.29. The Morgan fingerprint density at radius 2 is 1.82 bits per heavy atom. The number of aromatic amines is 3. The van der Waals surface area contributed by atoms with Gasteiger partial charge in [-0.05, 0) is 24.7 Å². The molecule has 0 aliphatic heterocycles. The SMILES string of the molecule is C=CC(C)CCCC(C)CC(C(=O)C(C)(C)C)c1nc2[nH]c(=O)[nH]c(=O)c2[nH]1. The molecule has 2 aromatic rings. The van der Waals surface area contributed by atoms with E-state index in [-0.39, 0.29) is 16.9 Å². The highest BCUT2D eigenvalue weighted by Crippen LogP contribution is 2.33. The van der Waals surface area contributed by atoms with Crippen molar-refractivity contribution in [3.63, 3.8) is 0 Å². The van der Waals surface area contributed by atoms with E-state index in [0.717, 1.165) is 19.3 Å². The van der Waals surface area contributed by atoms with Gasteiger partial charge >= 0.3 is 5.69 Å². The van der Waals surface area contributed by atoms with Crippen LogP contribution < -0.4 is 11.2 Å². The summed E-state index contributed by atoms with van der Waals surface area (Å²) in [6.45, 7) is 13.8. The average Bonchev–Trinajstić information content (AvgIpc) is 3.02. The van der Waals surface area contributed by atoms with E-state index in [9.17, 15) is 14.4 Å². The van der Waals surface area contributed by atoms with Crippen molar-refractivity contribution in [1.29, 1.82) is 0 Å². The first-order valence-corrected chi connectivity index (χ1v) is 9.92. The van der Waals surface area contributed by atoms with Gasteiger partial charge in [0, 0.05) is 5.41 Å². The van der Waals surface area contributed by atoms with Crippen LogP contribution in [0.15, 0.2) is 22.2 Å². The number of H-pyrrole nitrogens is 3. The summed E-state index contributed by atoms with van der Waals surface area (Å²) in [6, 6.07) is 0. The molecule has 0 aliphatic rings. The highest BCUT2D eigenvalue weighted by molar-refractivity contribution is 5.90. The number of nitrogens with zero attached hydrogens (tertiary/aromatic N) is 1. The summed E-state index contributed by atoms with van der Waals surface area (Å²) < 4.78 is 0. The van der Waals surface area contributed by atoms with E-state index in [4.69, 9.17) is 0 Å². The van der Waals surface area contributed by atoms with Gasteiger partial charge in [-0.15, -0.1) is 6.58 Å². The largest absolute Gasteiger partial charge is 0.336 e. The van der Waals surface area contributed by atoms with E-state index in [1.807, 2.05) is 26.8 Å².